The van der Waals surface area contributed by atoms with Crippen molar-refractivity contribution < 1.29 is 24.5 Å². The molecule has 0 spiro atoms. The topological polar surface area (TPSA) is 172 Å². The summed E-state index contributed by atoms with van der Waals surface area (Å²) in [4.78, 5) is 46.8. The number of piperidine rings is 1. The van der Waals surface area contributed by atoms with Crippen molar-refractivity contribution in [3.8, 4) is 5.75 Å². The molecule has 2 fully saturated rings. The highest BCUT2D eigenvalue weighted by atomic mass is 32.2. The number of aliphatic imine (C=N–C) groups is 1. The number of nitrogens with one attached hydrogen (secondary N) is 4. The number of imidazole rings is 1. The molecule has 216 valence electrons. The summed E-state index contributed by atoms with van der Waals surface area (Å²) in [6.45, 7) is 2.39. The van der Waals surface area contributed by atoms with Crippen LogP contribution in [0.3, 0.4) is 0 Å². The molecule has 13 heteroatoms. The third-order valence-corrected chi connectivity index (χ3v) is 7.82. The van der Waals surface area contributed by atoms with E-state index >= 15 is 0 Å². The van der Waals surface area contributed by atoms with Gasteiger partial charge in [-0.3, -0.25) is 14.6 Å². The Balaban J connectivity index is 1.05. The lowest BCUT2D eigenvalue weighted by molar-refractivity contribution is -0.136. The number of carboxylic acids is 1. The van der Waals surface area contributed by atoms with Crippen molar-refractivity contribution in [2.75, 3.05) is 37.7 Å². The maximum atomic E-state index is 12.2. The van der Waals surface area contributed by atoms with Gasteiger partial charge >= 0.3 is 11.7 Å². The number of amidine groups is 1. The SMILES string of the molecule is O=C(O)CCN=C1NC(=O)C(=Cc2ccc(N3CCC(NC[C@H](O)COc4cccc5[nH]c(=O)[nH]c45)CC3)cc2)S1. The summed E-state index contributed by atoms with van der Waals surface area (Å²) in [5, 5.41) is 25.7. The molecule has 5 rings (SSSR count). The average Bonchev–Trinajstić information content (AvgIpc) is 3.52. The first kappa shape index (κ1) is 28.5. The summed E-state index contributed by atoms with van der Waals surface area (Å²) in [5.74, 6) is -0.649. The van der Waals surface area contributed by atoms with Crippen LogP contribution in [0.25, 0.3) is 17.1 Å². The second kappa shape index (κ2) is 13.1. The molecule has 3 heterocycles. The van der Waals surface area contributed by atoms with E-state index in [1.807, 2.05) is 24.3 Å². The first-order valence-corrected chi connectivity index (χ1v) is 14.2. The lowest BCUT2D eigenvalue weighted by Gasteiger charge is -2.34. The zero-order valence-electron chi connectivity index (χ0n) is 22.3. The van der Waals surface area contributed by atoms with Crippen LogP contribution in [0.1, 0.15) is 24.8 Å². The number of para-hydroxylation sites is 1. The number of aromatic amines is 2. The van der Waals surface area contributed by atoms with Crippen LogP contribution in [0.4, 0.5) is 5.69 Å². The Hall–Kier alpha value is -4.07. The molecule has 1 atom stereocenters. The number of aromatic nitrogens is 2. The highest BCUT2D eigenvalue weighted by molar-refractivity contribution is 8.18. The molecule has 2 saturated heterocycles. The quantitative estimate of drug-likeness (QED) is 0.185. The van der Waals surface area contributed by atoms with E-state index in [9.17, 15) is 19.5 Å². The Bertz CT molecular complexity index is 1510. The number of carbonyl (C=O) groups excluding carboxylic acids is 1. The lowest BCUT2D eigenvalue weighted by Crippen LogP contribution is -2.45. The van der Waals surface area contributed by atoms with Gasteiger partial charge in [0, 0.05) is 31.4 Å². The molecule has 3 aromatic rings. The number of aliphatic carboxylic acids is 1. The van der Waals surface area contributed by atoms with Crippen LogP contribution in [-0.4, -0.2) is 82.2 Å². The molecule has 0 saturated carbocycles. The van der Waals surface area contributed by atoms with Crippen molar-refractivity contribution in [3.05, 3.63) is 63.4 Å². The largest absolute Gasteiger partial charge is 0.489 e. The van der Waals surface area contributed by atoms with Gasteiger partial charge in [0.1, 0.15) is 24.0 Å². The van der Waals surface area contributed by atoms with Gasteiger partial charge in [0.05, 0.1) is 23.4 Å². The minimum absolute atomic E-state index is 0.0814. The van der Waals surface area contributed by atoms with Gasteiger partial charge in [-0.1, -0.05) is 18.2 Å². The smallest absolute Gasteiger partial charge is 0.323 e. The van der Waals surface area contributed by atoms with Crippen LogP contribution < -0.4 is 26.0 Å². The van der Waals surface area contributed by atoms with Crippen molar-refractivity contribution >= 4 is 51.6 Å². The highest BCUT2D eigenvalue weighted by Gasteiger charge is 2.24. The molecule has 2 aromatic carbocycles. The summed E-state index contributed by atoms with van der Waals surface area (Å²) in [6, 6.07) is 13.6. The maximum absolute atomic E-state index is 12.2. The van der Waals surface area contributed by atoms with Crippen LogP contribution >= 0.6 is 11.8 Å². The third-order valence-electron chi connectivity index (χ3n) is 6.87. The van der Waals surface area contributed by atoms with Crippen LogP contribution in [0.5, 0.6) is 5.75 Å². The summed E-state index contributed by atoms with van der Waals surface area (Å²) < 4.78 is 5.75. The Morgan fingerprint density at radius 2 is 1.95 bits per heavy atom. The molecule has 1 amide bonds. The molecule has 2 aliphatic heterocycles. The molecular weight excluding hydrogens is 548 g/mol. The van der Waals surface area contributed by atoms with Crippen LogP contribution in [0, 0.1) is 0 Å². The Kier molecular flexibility index (Phi) is 9.07. The second-order valence-corrected chi connectivity index (χ2v) is 10.9. The molecule has 6 N–H and O–H groups in total. The number of aliphatic hydroxyl groups excluding tert-OH is 1. The van der Waals surface area contributed by atoms with Crippen molar-refractivity contribution in [1.82, 2.24) is 20.6 Å². The maximum Gasteiger partial charge on any atom is 0.323 e. The van der Waals surface area contributed by atoms with E-state index in [0.717, 1.165) is 37.2 Å². The summed E-state index contributed by atoms with van der Waals surface area (Å²) >= 11 is 1.21. The van der Waals surface area contributed by atoms with E-state index in [1.54, 1.807) is 24.3 Å². The molecule has 12 nitrogen and oxygen atoms in total. The van der Waals surface area contributed by atoms with E-state index in [4.69, 9.17) is 9.84 Å². The van der Waals surface area contributed by atoms with E-state index in [-0.39, 0.29) is 31.2 Å². The monoisotopic (exact) mass is 580 g/mol. The molecule has 0 aliphatic carbocycles. The van der Waals surface area contributed by atoms with E-state index in [2.05, 4.69) is 30.5 Å². The molecule has 0 unspecified atom stereocenters. The third kappa shape index (κ3) is 7.57. The first-order chi connectivity index (χ1) is 19.8. The predicted molar refractivity (Wildman–Crippen MR) is 158 cm³/mol. The Morgan fingerprint density at radius 3 is 2.71 bits per heavy atom. The van der Waals surface area contributed by atoms with Crippen LogP contribution in [-0.2, 0) is 9.59 Å². The average molecular weight is 581 g/mol. The molecule has 0 radical (unpaired) electrons. The number of fused-ring (bicyclic) bond motifs is 1. The summed E-state index contributed by atoms with van der Waals surface area (Å²) in [6.07, 6.45) is 2.89. The number of hydrogen-bond acceptors (Lipinski definition) is 9. The standard InChI is InChI=1S/C28H32N6O6S/c35-20(16-40-22-3-1-2-21-25(22)32-27(39)31-21)15-30-18-9-12-34(13-10-18)19-6-4-17(5-7-19)14-23-26(38)33-28(41-23)29-11-8-24(36)37/h1-7,14,18,20,30,35H,8-13,15-16H2,(H,36,37)(H,29,33,38)(H2,31,32,39)/t20-/m0/s1. The number of anilines is 1. The number of hydrogen-bond donors (Lipinski definition) is 6. The van der Waals surface area contributed by atoms with Crippen molar-refractivity contribution in [2.45, 2.75) is 31.4 Å². The highest BCUT2D eigenvalue weighted by Crippen LogP contribution is 2.27. The number of ether oxygens (including phenoxy) is 1. The van der Waals surface area contributed by atoms with E-state index < -0.39 is 12.1 Å². The summed E-state index contributed by atoms with van der Waals surface area (Å²) in [5.41, 5.74) is 2.95. The number of H-pyrrole nitrogens is 2. The van der Waals surface area contributed by atoms with Gasteiger partial charge < -0.3 is 40.5 Å². The number of benzene rings is 2. The zero-order chi connectivity index (χ0) is 28.8. The number of carboxylic acid groups (broad SMARTS) is 1. The molecule has 0 bridgehead atoms. The van der Waals surface area contributed by atoms with E-state index in [1.165, 1.54) is 11.8 Å². The minimum atomic E-state index is -0.928. The zero-order valence-corrected chi connectivity index (χ0v) is 23.1. The number of nitrogens with zero attached hydrogens (tertiary/aromatic N) is 2. The predicted octanol–water partition coefficient (Wildman–Crippen LogP) is 1.89. The normalized spacial score (nSPS) is 18.8. The molecule has 1 aromatic heterocycles. The number of carbonyl (C=O) groups is 2. The fraction of sp³-hybridized carbons (Fsp3) is 0.357. The fourth-order valence-corrected chi connectivity index (χ4v) is 5.58. The van der Waals surface area contributed by atoms with Crippen LogP contribution in [0.15, 0.2) is 57.2 Å². The molecule has 2 aliphatic rings. The van der Waals surface area contributed by atoms with Gasteiger partial charge in [-0.05, 0) is 60.5 Å². The van der Waals surface area contributed by atoms with E-state index in [0.29, 0.717) is 39.4 Å². The lowest BCUT2D eigenvalue weighted by atomic mass is 10.0. The van der Waals surface area contributed by atoms with Crippen molar-refractivity contribution in [1.29, 1.82) is 0 Å². The van der Waals surface area contributed by atoms with Gasteiger partial charge in [0.25, 0.3) is 5.91 Å². The fourth-order valence-electron chi connectivity index (χ4n) is 4.73. The van der Waals surface area contributed by atoms with Gasteiger partial charge in [-0.2, -0.15) is 0 Å². The number of amides is 1. The van der Waals surface area contributed by atoms with Crippen molar-refractivity contribution in [3.63, 3.8) is 0 Å². The number of rotatable bonds is 11. The Labute approximate surface area is 239 Å². The van der Waals surface area contributed by atoms with Gasteiger partial charge in [-0.15, -0.1) is 0 Å². The number of thioether (sulfide) groups is 1. The van der Waals surface area contributed by atoms with Gasteiger partial charge in [-0.25, -0.2) is 4.79 Å². The second-order valence-electron chi connectivity index (χ2n) is 9.88. The van der Waals surface area contributed by atoms with Crippen LogP contribution in [0.2, 0.25) is 0 Å². The molecule has 41 heavy (non-hydrogen) atoms. The number of aliphatic hydroxyl groups is 1. The van der Waals surface area contributed by atoms with Gasteiger partial charge in [0.2, 0.25) is 0 Å². The Morgan fingerprint density at radius 1 is 1.17 bits per heavy atom. The molecular formula is C28H32N6O6S. The summed E-state index contributed by atoms with van der Waals surface area (Å²) in [7, 11) is 0. The minimum Gasteiger partial charge on any atom is -0.489 e. The van der Waals surface area contributed by atoms with Gasteiger partial charge in [0.15, 0.2) is 5.17 Å². The van der Waals surface area contributed by atoms with Crippen molar-refractivity contribution in [2.24, 2.45) is 4.99 Å². The first-order valence-electron chi connectivity index (χ1n) is 13.4.